The Kier molecular flexibility index (Phi) is 9.12. The summed E-state index contributed by atoms with van der Waals surface area (Å²) in [5.41, 5.74) is 5.91. The largest absolute Gasteiger partial charge is 0.329 e. The number of unbranched alkanes of at least 4 members (excludes halogenated alkanes) is 1. The Balaban J connectivity index is 4.18. The van der Waals surface area contributed by atoms with E-state index in [0.29, 0.717) is 6.04 Å². The summed E-state index contributed by atoms with van der Waals surface area (Å²) in [4.78, 5) is 2.56. The van der Waals surface area contributed by atoms with E-state index in [1.165, 1.54) is 32.2 Å². The normalized spacial score (nSPS) is 15.6. The van der Waals surface area contributed by atoms with Gasteiger partial charge in [-0.1, -0.05) is 40.5 Å². The molecule has 0 bridgehead atoms. The van der Waals surface area contributed by atoms with Crippen LogP contribution in [0.15, 0.2) is 0 Å². The summed E-state index contributed by atoms with van der Waals surface area (Å²) in [5, 5.41) is 0. The van der Waals surface area contributed by atoms with Gasteiger partial charge in [0.2, 0.25) is 0 Å². The van der Waals surface area contributed by atoms with Crippen molar-refractivity contribution < 1.29 is 0 Å². The van der Waals surface area contributed by atoms with Crippen molar-refractivity contribution >= 4 is 0 Å². The lowest BCUT2D eigenvalue weighted by molar-refractivity contribution is 0.152. The molecular formula is C13H30N2. The van der Waals surface area contributed by atoms with Crippen molar-refractivity contribution in [1.29, 1.82) is 0 Å². The maximum Gasteiger partial charge on any atom is 0.0243 e. The van der Waals surface area contributed by atoms with Crippen LogP contribution >= 0.6 is 0 Å². The second-order valence-electron chi connectivity index (χ2n) is 4.55. The molecule has 2 N–H and O–H groups in total. The summed E-state index contributed by atoms with van der Waals surface area (Å²) in [6.45, 7) is 12.2. The fraction of sp³-hybridized carbons (Fsp3) is 1.00. The quantitative estimate of drug-likeness (QED) is 0.639. The first-order valence-corrected chi connectivity index (χ1v) is 6.65. The van der Waals surface area contributed by atoms with Gasteiger partial charge in [0.15, 0.2) is 0 Å². The predicted octanol–water partition coefficient (Wildman–Crippen LogP) is 2.87. The highest BCUT2D eigenvalue weighted by Gasteiger charge is 2.20. The highest BCUT2D eigenvalue weighted by atomic mass is 15.2. The molecule has 0 rings (SSSR count). The Labute approximate surface area is 96.2 Å². The van der Waals surface area contributed by atoms with Gasteiger partial charge in [-0.2, -0.15) is 0 Å². The number of nitrogens with two attached hydrogens (primary N) is 1. The van der Waals surface area contributed by atoms with Gasteiger partial charge >= 0.3 is 0 Å². The third kappa shape index (κ3) is 5.53. The van der Waals surface area contributed by atoms with E-state index in [2.05, 4.69) is 32.6 Å². The van der Waals surface area contributed by atoms with Crippen LogP contribution in [0.1, 0.15) is 53.4 Å². The van der Waals surface area contributed by atoms with E-state index in [-0.39, 0.29) is 0 Å². The zero-order chi connectivity index (χ0) is 11.7. The summed E-state index contributed by atoms with van der Waals surface area (Å²) in [6, 6.07) is 0.585. The molecule has 0 saturated carbocycles. The minimum atomic E-state index is 0.585. The molecular weight excluding hydrogens is 184 g/mol. The highest BCUT2D eigenvalue weighted by Crippen LogP contribution is 2.16. The van der Waals surface area contributed by atoms with Gasteiger partial charge in [-0.15, -0.1) is 0 Å². The summed E-state index contributed by atoms with van der Waals surface area (Å²) in [6.07, 6.45) is 5.13. The van der Waals surface area contributed by atoms with E-state index in [4.69, 9.17) is 5.73 Å². The van der Waals surface area contributed by atoms with Crippen molar-refractivity contribution in [1.82, 2.24) is 4.90 Å². The zero-order valence-electron chi connectivity index (χ0n) is 11.1. The Morgan fingerprint density at radius 3 is 2.20 bits per heavy atom. The van der Waals surface area contributed by atoms with Crippen LogP contribution in [0.4, 0.5) is 0 Å². The zero-order valence-corrected chi connectivity index (χ0v) is 11.1. The highest BCUT2D eigenvalue weighted by molar-refractivity contribution is 4.77. The first kappa shape index (κ1) is 14.9. The van der Waals surface area contributed by atoms with Gasteiger partial charge in [0, 0.05) is 12.6 Å². The number of nitrogens with zero attached hydrogens (tertiary/aromatic N) is 1. The van der Waals surface area contributed by atoms with Crippen LogP contribution in [-0.2, 0) is 0 Å². The second kappa shape index (κ2) is 9.17. The molecule has 0 aliphatic rings. The van der Waals surface area contributed by atoms with Crippen molar-refractivity contribution in [3.8, 4) is 0 Å². The maximum absolute atomic E-state index is 5.91. The van der Waals surface area contributed by atoms with Gasteiger partial charge in [-0.25, -0.2) is 0 Å². The van der Waals surface area contributed by atoms with Crippen LogP contribution in [0.2, 0.25) is 0 Å². The van der Waals surface area contributed by atoms with Crippen molar-refractivity contribution in [3.63, 3.8) is 0 Å². The van der Waals surface area contributed by atoms with Crippen LogP contribution in [0.5, 0.6) is 0 Å². The molecule has 2 nitrogen and oxygen atoms in total. The van der Waals surface area contributed by atoms with E-state index < -0.39 is 0 Å². The molecule has 0 saturated heterocycles. The molecule has 2 unspecified atom stereocenters. The minimum absolute atomic E-state index is 0.585. The first-order valence-electron chi connectivity index (χ1n) is 6.65. The molecule has 0 heterocycles. The molecule has 0 amide bonds. The first-order chi connectivity index (χ1) is 7.21. The Bertz CT molecular complexity index is 136. The van der Waals surface area contributed by atoms with Crippen LogP contribution < -0.4 is 5.73 Å². The van der Waals surface area contributed by atoms with E-state index in [9.17, 15) is 0 Å². The van der Waals surface area contributed by atoms with Gasteiger partial charge < -0.3 is 5.73 Å². The van der Waals surface area contributed by atoms with Gasteiger partial charge in [-0.05, 0) is 31.8 Å². The Hall–Kier alpha value is -0.0800. The molecule has 0 radical (unpaired) electrons. The third-order valence-electron chi connectivity index (χ3n) is 3.32. The number of hydrogen-bond acceptors (Lipinski definition) is 2. The average Bonchev–Trinajstić information content (AvgIpc) is 2.24. The number of hydrogen-bond donors (Lipinski definition) is 1. The van der Waals surface area contributed by atoms with Gasteiger partial charge in [0.25, 0.3) is 0 Å². The molecule has 15 heavy (non-hydrogen) atoms. The molecule has 2 atom stereocenters. The average molecular weight is 214 g/mol. The van der Waals surface area contributed by atoms with Crippen LogP contribution in [0.25, 0.3) is 0 Å². The molecule has 0 spiro atoms. The van der Waals surface area contributed by atoms with Gasteiger partial charge in [0.05, 0.1) is 0 Å². The van der Waals surface area contributed by atoms with Crippen molar-refractivity contribution in [2.45, 2.75) is 59.4 Å². The predicted molar refractivity (Wildman–Crippen MR) is 69.1 cm³/mol. The molecule has 0 fully saturated rings. The Morgan fingerprint density at radius 1 is 1.13 bits per heavy atom. The number of rotatable bonds is 9. The monoisotopic (exact) mass is 214 g/mol. The van der Waals surface area contributed by atoms with Crippen molar-refractivity contribution in [2.24, 2.45) is 11.7 Å². The molecule has 0 aliphatic heterocycles. The van der Waals surface area contributed by atoms with Crippen molar-refractivity contribution in [2.75, 3.05) is 19.6 Å². The molecule has 0 aromatic carbocycles. The van der Waals surface area contributed by atoms with Crippen LogP contribution in [0, 0.1) is 5.92 Å². The summed E-state index contributed by atoms with van der Waals surface area (Å²) in [5.74, 6) is 0.733. The topological polar surface area (TPSA) is 29.3 Å². The van der Waals surface area contributed by atoms with Crippen LogP contribution in [0.3, 0.4) is 0 Å². The smallest absolute Gasteiger partial charge is 0.0243 e. The molecule has 0 aromatic heterocycles. The minimum Gasteiger partial charge on any atom is -0.329 e. The standard InChI is InChI=1S/C13H30N2/c1-5-8-10-15(7-3)13(11-14)12(4)9-6-2/h12-13H,5-11,14H2,1-4H3. The fourth-order valence-corrected chi connectivity index (χ4v) is 2.31. The molecule has 0 aliphatic carbocycles. The SMILES string of the molecule is CCCCN(CC)C(CN)C(C)CCC. The van der Waals surface area contributed by atoms with Gasteiger partial charge in [-0.3, -0.25) is 4.90 Å². The Morgan fingerprint density at radius 2 is 1.80 bits per heavy atom. The lowest BCUT2D eigenvalue weighted by Gasteiger charge is -2.34. The summed E-state index contributed by atoms with van der Waals surface area (Å²) < 4.78 is 0. The number of likely N-dealkylation sites (N-methyl/N-ethyl adjacent to an activating group) is 1. The van der Waals surface area contributed by atoms with E-state index in [1.54, 1.807) is 0 Å². The lowest BCUT2D eigenvalue weighted by Crippen LogP contribution is -2.45. The lowest BCUT2D eigenvalue weighted by atomic mass is 9.95. The van der Waals surface area contributed by atoms with E-state index >= 15 is 0 Å². The molecule has 0 aromatic rings. The third-order valence-corrected chi connectivity index (χ3v) is 3.32. The maximum atomic E-state index is 5.91. The molecule has 92 valence electrons. The summed E-state index contributed by atoms with van der Waals surface area (Å²) >= 11 is 0. The van der Waals surface area contributed by atoms with E-state index in [1.807, 2.05) is 0 Å². The van der Waals surface area contributed by atoms with Gasteiger partial charge in [0.1, 0.15) is 0 Å². The second-order valence-corrected chi connectivity index (χ2v) is 4.55. The fourth-order valence-electron chi connectivity index (χ4n) is 2.31. The van der Waals surface area contributed by atoms with E-state index in [0.717, 1.165) is 19.0 Å². The summed E-state index contributed by atoms with van der Waals surface area (Å²) in [7, 11) is 0. The molecule has 2 heteroatoms. The van der Waals surface area contributed by atoms with Crippen LogP contribution in [-0.4, -0.2) is 30.6 Å². The van der Waals surface area contributed by atoms with Crippen molar-refractivity contribution in [3.05, 3.63) is 0 Å².